The molecule has 0 unspecified atom stereocenters. The standard InChI is InChI=1S/C14H19ClO2/c1-9(15)13(16)17-8-14-5-10-2-11(6-14)4-12(3-10)7-14/h10-12H,1-8H2. The number of carbonyl (C=O) groups is 1. The van der Waals surface area contributed by atoms with Gasteiger partial charge in [-0.3, -0.25) is 0 Å². The molecule has 0 aliphatic heterocycles. The Morgan fingerprint density at radius 2 is 1.65 bits per heavy atom. The van der Waals surface area contributed by atoms with E-state index in [2.05, 4.69) is 6.58 Å². The maximum atomic E-state index is 11.4. The fourth-order valence-corrected chi connectivity index (χ4v) is 4.82. The number of hydrogen-bond acceptors (Lipinski definition) is 2. The van der Waals surface area contributed by atoms with Gasteiger partial charge in [-0.2, -0.15) is 0 Å². The van der Waals surface area contributed by atoms with Crippen molar-refractivity contribution in [1.29, 1.82) is 0 Å². The minimum absolute atomic E-state index is 0.00488. The Bertz CT molecular complexity index is 326. The SMILES string of the molecule is C=C(Cl)C(=O)OCC12CC3CC(CC(C3)C1)C2. The highest BCUT2D eigenvalue weighted by atomic mass is 35.5. The van der Waals surface area contributed by atoms with Crippen molar-refractivity contribution in [3.05, 3.63) is 11.6 Å². The van der Waals surface area contributed by atoms with Crippen LogP contribution < -0.4 is 0 Å². The van der Waals surface area contributed by atoms with Crippen molar-refractivity contribution >= 4 is 17.6 Å². The Morgan fingerprint density at radius 1 is 1.18 bits per heavy atom. The molecule has 17 heavy (non-hydrogen) atoms. The largest absolute Gasteiger partial charge is 0.461 e. The van der Waals surface area contributed by atoms with Crippen LogP contribution in [0.4, 0.5) is 0 Å². The topological polar surface area (TPSA) is 26.3 Å². The molecule has 2 nitrogen and oxygen atoms in total. The highest BCUT2D eigenvalue weighted by molar-refractivity contribution is 6.40. The molecule has 4 saturated carbocycles. The van der Waals surface area contributed by atoms with Crippen LogP contribution in [0.3, 0.4) is 0 Å². The number of halogens is 1. The molecule has 0 aromatic rings. The van der Waals surface area contributed by atoms with Crippen molar-refractivity contribution < 1.29 is 9.53 Å². The fourth-order valence-electron chi connectivity index (χ4n) is 4.76. The van der Waals surface area contributed by atoms with E-state index in [1.807, 2.05) is 0 Å². The van der Waals surface area contributed by atoms with Crippen LogP contribution in [-0.4, -0.2) is 12.6 Å². The summed E-state index contributed by atoms with van der Waals surface area (Å²) in [5.74, 6) is 2.22. The molecule has 0 heterocycles. The zero-order valence-corrected chi connectivity index (χ0v) is 10.8. The summed E-state index contributed by atoms with van der Waals surface area (Å²) >= 11 is 5.55. The van der Waals surface area contributed by atoms with Crippen LogP contribution in [0.15, 0.2) is 11.6 Å². The maximum absolute atomic E-state index is 11.4. The number of rotatable bonds is 3. The summed E-state index contributed by atoms with van der Waals surface area (Å²) in [6.07, 6.45) is 7.99. The van der Waals surface area contributed by atoms with Crippen LogP contribution in [-0.2, 0) is 9.53 Å². The van der Waals surface area contributed by atoms with Crippen LogP contribution >= 0.6 is 11.6 Å². The second-order valence-electron chi connectivity index (χ2n) is 6.40. The monoisotopic (exact) mass is 254 g/mol. The van der Waals surface area contributed by atoms with E-state index >= 15 is 0 Å². The Labute approximate surface area is 107 Å². The molecule has 4 fully saturated rings. The predicted molar refractivity (Wildman–Crippen MR) is 66.6 cm³/mol. The van der Waals surface area contributed by atoms with Gasteiger partial charge in [-0.05, 0) is 56.3 Å². The lowest BCUT2D eigenvalue weighted by Gasteiger charge is -2.56. The third-order valence-electron chi connectivity index (χ3n) is 4.90. The first kappa shape index (κ1) is 11.6. The van der Waals surface area contributed by atoms with Crippen molar-refractivity contribution in [2.45, 2.75) is 38.5 Å². The van der Waals surface area contributed by atoms with Gasteiger partial charge >= 0.3 is 5.97 Å². The molecule has 0 saturated heterocycles. The molecule has 0 spiro atoms. The zero-order valence-electron chi connectivity index (χ0n) is 10.1. The van der Waals surface area contributed by atoms with E-state index in [0.717, 1.165) is 17.8 Å². The number of hydrogen-bond donors (Lipinski definition) is 0. The average molecular weight is 255 g/mol. The Morgan fingerprint density at radius 3 is 2.06 bits per heavy atom. The van der Waals surface area contributed by atoms with E-state index in [9.17, 15) is 4.79 Å². The smallest absolute Gasteiger partial charge is 0.349 e. The Balaban J connectivity index is 1.66. The summed E-state index contributed by atoms with van der Waals surface area (Å²) in [6.45, 7) is 3.97. The van der Waals surface area contributed by atoms with Gasteiger partial charge < -0.3 is 4.74 Å². The molecule has 4 aliphatic rings. The Kier molecular flexibility index (Phi) is 2.73. The van der Waals surface area contributed by atoms with Crippen molar-refractivity contribution in [3.8, 4) is 0 Å². The van der Waals surface area contributed by atoms with Crippen LogP contribution in [0.25, 0.3) is 0 Å². The summed E-state index contributed by atoms with van der Waals surface area (Å²) in [4.78, 5) is 11.4. The normalized spacial score (nSPS) is 42.5. The predicted octanol–water partition coefficient (Wildman–Crippen LogP) is 3.50. The molecule has 4 rings (SSSR count). The van der Waals surface area contributed by atoms with Crippen molar-refractivity contribution in [2.75, 3.05) is 6.61 Å². The number of esters is 1. The van der Waals surface area contributed by atoms with E-state index in [0.29, 0.717) is 6.61 Å². The minimum Gasteiger partial charge on any atom is -0.461 e. The molecule has 0 aromatic carbocycles. The summed E-state index contributed by atoms with van der Waals surface area (Å²) in [6, 6.07) is 0. The molecule has 0 N–H and O–H groups in total. The van der Waals surface area contributed by atoms with Gasteiger partial charge in [-0.15, -0.1) is 0 Å². The molecule has 0 aromatic heterocycles. The van der Waals surface area contributed by atoms with E-state index in [1.165, 1.54) is 38.5 Å². The first-order chi connectivity index (χ1) is 8.06. The summed E-state index contributed by atoms with van der Waals surface area (Å²) in [5.41, 5.74) is 0.275. The lowest BCUT2D eigenvalue weighted by atomic mass is 9.50. The molecule has 0 amide bonds. The fraction of sp³-hybridized carbons (Fsp3) is 0.786. The molecule has 4 aliphatic carbocycles. The highest BCUT2D eigenvalue weighted by Gasteiger charge is 2.51. The van der Waals surface area contributed by atoms with Crippen LogP contribution in [0.5, 0.6) is 0 Å². The zero-order chi connectivity index (χ0) is 12.0. The number of carbonyl (C=O) groups excluding carboxylic acids is 1. The first-order valence-electron chi connectivity index (χ1n) is 6.58. The molecule has 0 atom stereocenters. The molecule has 94 valence electrons. The first-order valence-corrected chi connectivity index (χ1v) is 6.96. The molecular weight excluding hydrogens is 236 g/mol. The average Bonchev–Trinajstić information content (AvgIpc) is 2.24. The van der Waals surface area contributed by atoms with E-state index < -0.39 is 5.97 Å². The highest BCUT2D eigenvalue weighted by Crippen LogP contribution is 2.60. The van der Waals surface area contributed by atoms with Gasteiger partial charge in [0.05, 0.1) is 6.61 Å². The Hall–Kier alpha value is -0.500. The summed E-state index contributed by atoms with van der Waals surface area (Å²) < 4.78 is 5.32. The van der Waals surface area contributed by atoms with Gasteiger partial charge in [-0.25, -0.2) is 4.79 Å². The van der Waals surface area contributed by atoms with Crippen molar-refractivity contribution in [2.24, 2.45) is 23.2 Å². The maximum Gasteiger partial charge on any atom is 0.349 e. The molecule has 3 heteroatoms. The van der Waals surface area contributed by atoms with Crippen molar-refractivity contribution in [1.82, 2.24) is 0 Å². The van der Waals surface area contributed by atoms with Gasteiger partial charge in [0.25, 0.3) is 0 Å². The third-order valence-corrected chi connectivity index (χ3v) is 5.05. The van der Waals surface area contributed by atoms with Crippen molar-refractivity contribution in [3.63, 3.8) is 0 Å². The van der Waals surface area contributed by atoms with Crippen LogP contribution in [0.1, 0.15) is 38.5 Å². The van der Waals surface area contributed by atoms with Crippen LogP contribution in [0, 0.1) is 23.2 Å². The lowest BCUT2D eigenvalue weighted by molar-refractivity contribution is -0.150. The third kappa shape index (κ3) is 2.12. The van der Waals surface area contributed by atoms with Gasteiger partial charge in [0.15, 0.2) is 0 Å². The van der Waals surface area contributed by atoms with Gasteiger partial charge in [0.1, 0.15) is 5.03 Å². The van der Waals surface area contributed by atoms with Gasteiger partial charge in [0, 0.05) is 5.41 Å². The summed E-state index contributed by atoms with van der Waals surface area (Å²) in [5, 5.41) is -0.00488. The molecule has 4 bridgehead atoms. The summed E-state index contributed by atoms with van der Waals surface area (Å²) in [7, 11) is 0. The van der Waals surface area contributed by atoms with E-state index in [1.54, 1.807) is 0 Å². The molecule has 0 radical (unpaired) electrons. The quantitative estimate of drug-likeness (QED) is 0.569. The molecular formula is C14H19ClO2. The minimum atomic E-state index is -0.442. The second-order valence-corrected chi connectivity index (χ2v) is 6.85. The lowest BCUT2D eigenvalue weighted by Crippen LogP contribution is -2.48. The number of ether oxygens (including phenoxy) is 1. The van der Waals surface area contributed by atoms with Gasteiger partial charge in [0.2, 0.25) is 0 Å². The van der Waals surface area contributed by atoms with Gasteiger partial charge in [-0.1, -0.05) is 18.2 Å². The van der Waals surface area contributed by atoms with E-state index in [-0.39, 0.29) is 10.4 Å². The second kappa shape index (κ2) is 4.01. The van der Waals surface area contributed by atoms with Crippen LogP contribution in [0.2, 0.25) is 0 Å². The van der Waals surface area contributed by atoms with E-state index in [4.69, 9.17) is 16.3 Å².